The second-order valence-electron chi connectivity index (χ2n) is 9.82. The van der Waals surface area contributed by atoms with Crippen LogP contribution in [0.2, 0.25) is 0 Å². The average Bonchev–Trinajstić information content (AvgIpc) is 2.96. The number of amides is 1. The first kappa shape index (κ1) is 38.2. The van der Waals surface area contributed by atoms with E-state index in [9.17, 15) is 61.9 Å². The van der Waals surface area contributed by atoms with Crippen LogP contribution in [0.1, 0.15) is 44.2 Å². The molecule has 48 heavy (non-hydrogen) atoms. The lowest BCUT2D eigenvalue weighted by Gasteiger charge is -2.23. The number of alkyl halides is 10. The summed E-state index contributed by atoms with van der Waals surface area (Å²) in [7, 11) is 0. The van der Waals surface area contributed by atoms with Gasteiger partial charge in [-0.1, -0.05) is 39.7 Å². The van der Waals surface area contributed by atoms with Gasteiger partial charge < -0.3 is 10.1 Å². The van der Waals surface area contributed by atoms with Crippen LogP contribution in [0.4, 0.5) is 57.1 Å². The maximum Gasteiger partial charge on any atom is 0.461 e. The molecule has 17 heteroatoms. The molecule has 1 amide bonds. The Morgan fingerprint density at radius 1 is 0.708 bits per heavy atom. The number of ether oxygens (including phenoxy) is 1. The normalized spacial score (nSPS) is 12.7. The summed E-state index contributed by atoms with van der Waals surface area (Å²) in [6.45, 7) is 2.08. The number of rotatable bonds is 7. The van der Waals surface area contributed by atoms with Crippen molar-refractivity contribution in [2.24, 2.45) is 0 Å². The Kier molecular flexibility index (Phi) is 11.8. The number of halogens is 14. The predicted molar refractivity (Wildman–Crippen MR) is 149 cm³/mol. The minimum Gasteiger partial charge on any atom is -0.428 e. The van der Waals surface area contributed by atoms with E-state index >= 15 is 0 Å². The fourth-order valence-electron chi connectivity index (χ4n) is 3.94. The third-order valence-corrected chi connectivity index (χ3v) is 6.71. The van der Waals surface area contributed by atoms with Gasteiger partial charge in [0.05, 0.1) is 17.2 Å². The summed E-state index contributed by atoms with van der Waals surface area (Å²) in [4.78, 5) is 12.8. The second-order valence-corrected chi connectivity index (χ2v) is 10.7. The van der Waals surface area contributed by atoms with Crippen LogP contribution in [0, 0.1) is 24.4 Å². The van der Waals surface area contributed by atoms with Crippen LogP contribution in [0.5, 0.6) is 5.75 Å². The molecule has 258 valence electrons. The summed E-state index contributed by atoms with van der Waals surface area (Å²) in [5, 5.41) is 1.93. The highest BCUT2D eigenvalue weighted by Crippen LogP contribution is 2.37. The van der Waals surface area contributed by atoms with Crippen LogP contribution in [-0.4, -0.2) is 18.4 Å². The summed E-state index contributed by atoms with van der Waals surface area (Å²) in [5.41, 5.74) is -4.82. The third kappa shape index (κ3) is 10.1. The van der Waals surface area contributed by atoms with E-state index in [0.717, 1.165) is 4.47 Å². The summed E-state index contributed by atoms with van der Waals surface area (Å²) >= 11 is 3.35. The molecule has 4 rings (SSSR count). The maximum absolute atomic E-state index is 14.3. The molecule has 0 bridgehead atoms. The zero-order valence-corrected chi connectivity index (χ0v) is 25.4. The van der Waals surface area contributed by atoms with Gasteiger partial charge in [-0.05, 0) is 72.6 Å². The largest absolute Gasteiger partial charge is 0.461 e. The molecule has 0 aliphatic heterocycles. The maximum atomic E-state index is 14.3. The molecular formula is C31H19BrF13NO2. The van der Waals surface area contributed by atoms with Gasteiger partial charge in [-0.15, -0.1) is 0 Å². The van der Waals surface area contributed by atoms with Gasteiger partial charge in [0.25, 0.3) is 5.91 Å². The van der Waals surface area contributed by atoms with Crippen LogP contribution in [-0.2, 0) is 12.4 Å². The SMILES string of the molecule is Cc1ccc(Br)cc1.O=C(NC(c1cc(F)cc(OC(F)(F)C(F)F)c1)c1ccc(F)c(C(F)(F)F)c1)c1ccc(F)c(C(F)(F)F)c1. The summed E-state index contributed by atoms with van der Waals surface area (Å²) in [5.74, 6) is -7.84. The molecule has 0 fully saturated rings. The zero-order valence-electron chi connectivity index (χ0n) is 23.8. The van der Waals surface area contributed by atoms with Crippen LogP contribution in [0.15, 0.2) is 83.3 Å². The first-order chi connectivity index (χ1) is 22.1. The molecule has 0 aliphatic carbocycles. The van der Waals surface area contributed by atoms with Gasteiger partial charge in [-0.3, -0.25) is 4.79 Å². The number of carbonyl (C=O) groups excluding carboxylic acids is 1. The molecule has 3 nitrogen and oxygen atoms in total. The van der Waals surface area contributed by atoms with Gasteiger partial charge in [0, 0.05) is 16.1 Å². The Hall–Kier alpha value is -4.28. The molecule has 0 saturated carbocycles. The number of hydrogen-bond donors (Lipinski definition) is 1. The lowest BCUT2D eigenvalue weighted by molar-refractivity contribution is -0.253. The lowest BCUT2D eigenvalue weighted by atomic mass is 9.95. The van der Waals surface area contributed by atoms with Crippen molar-refractivity contribution in [3.05, 3.63) is 134 Å². The number of hydrogen-bond acceptors (Lipinski definition) is 2. The molecule has 0 aromatic heterocycles. The highest BCUT2D eigenvalue weighted by Gasteiger charge is 2.44. The van der Waals surface area contributed by atoms with E-state index in [0.29, 0.717) is 24.3 Å². The standard InChI is InChI=1S/C24H12F13NO2.C7H7Br/c25-13-5-12(6-14(9-13)40-24(36,37)21(28)29)19(10-1-3-17(26)15(7-10)22(30,31)32)38-20(39)11-2-4-18(27)16(8-11)23(33,34)35;1-6-2-4-7(8)5-3-6/h1-9,19,21H,(H,38,39);2-5H,1H3. The van der Waals surface area contributed by atoms with Crippen molar-refractivity contribution >= 4 is 21.8 Å². The lowest BCUT2D eigenvalue weighted by Crippen LogP contribution is -2.33. The fraction of sp³-hybridized carbons (Fsp3) is 0.194. The molecule has 1 atom stereocenters. The Labute approximate surface area is 271 Å². The Bertz CT molecular complexity index is 1720. The third-order valence-electron chi connectivity index (χ3n) is 6.18. The Balaban J connectivity index is 0.000000681. The van der Waals surface area contributed by atoms with Crippen LogP contribution in [0.3, 0.4) is 0 Å². The molecule has 0 aliphatic rings. The molecule has 0 spiro atoms. The van der Waals surface area contributed by atoms with E-state index in [1.165, 1.54) is 5.56 Å². The van der Waals surface area contributed by atoms with Crippen LogP contribution in [0.25, 0.3) is 0 Å². The summed E-state index contributed by atoms with van der Waals surface area (Å²) in [6, 6.07) is 9.15. The van der Waals surface area contributed by atoms with E-state index < -0.39 is 87.9 Å². The van der Waals surface area contributed by atoms with Crippen molar-refractivity contribution < 1.29 is 66.6 Å². The second kappa shape index (κ2) is 14.9. The van der Waals surface area contributed by atoms with E-state index in [1.54, 1.807) is 0 Å². The van der Waals surface area contributed by atoms with E-state index in [2.05, 4.69) is 39.7 Å². The van der Waals surface area contributed by atoms with E-state index in [1.807, 2.05) is 17.4 Å². The smallest absolute Gasteiger partial charge is 0.428 e. The van der Waals surface area contributed by atoms with Gasteiger partial charge in [0.1, 0.15) is 23.2 Å². The van der Waals surface area contributed by atoms with Crippen molar-refractivity contribution in [2.45, 2.75) is 37.9 Å². The highest BCUT2D eigenvalue weighted by atomic mass is 79.9. The zero-order chi connectivity index (χ0) is 36.2. The quantitative estimate of drug-likeness (QED) is 0.190. The van der Waals surface area contributed by atoms with Crippen molar-refractivity contribution in [1.82, 2.24) is 5.32 Å². The molecule has 1 N–H and O–H groups in total. The number of carbonyl (C=O) groups is 1. The topological polar surface area (TPSA) is 38.3 Å². The molecule has 0 radical (unpaired) electrons. The van der Waals surface area contributed by atoms with Crippen molar-refractivity contribution in [2.75, 3.05) is 0 Å². The Morgan fingerprint density at radius 3 is 1.77 bits per heavy atom. The minimum absolute atomic E-state index is 0.0524. The molecular weight excluding hydrogens is 745 g/mol. The summed E-state index contributed by atoms with van der Waals surface area (Å²) < 4.78 is 178. The number of aryl methyl sites for hydroxylation is 1. The van der Waals surface area contributed by atoms with Gasteiger partial charge in [0.2, 0.25) is 0 Å². The molecule has 4 aromatic carbocycles. The van der Waals surface area contributed by atoms with E-state index in [-0.39, 0.29) is 30.3 Å². The van der Waals surface area contributed by atoms with Gasteiger partial charge >= 0.3 is 24.9 Å². The van der Waals surface area contributed by atoms with Crippen LogP contribution >= 0.6 is 15.9 Å². The van der Waals surface area contributed by atoms with Crippen molar-refractivity contribution in [1.29, 1.82) is 0 Å². The number of nitrogens with one attached hydrogen (secondary N) is 1. The van der Waals surface area contributed by atoms with E-state index in [4.69, 9.17) is 0 Å². The Morgan fingerprint density at radius 2 is 1.25 bits per heavy atom. The fourth-order valence-corrected chi connectivity index (χ4v) is 4.21. The molecule has 0 heterocycles. The minimum atomic E-state index is -5.32. The first-order valence-corrected chi connectivity index (χ1v) is 13.8. The summed E-state index contributed by atoms with van der Waals surface area (Å²) in [6.07, 6.45) is -20.2. The molecule has 0 saturated heterocycles. The van der Waals surface area contributed by atoms with Crippen LogP contribution < -0.4 is 10.1 Å². The van der Waals surface area contributed by atoms with Gasteiger partial charge in [-0.2, -0.15) is 43.9 Å². The highest BCUT2D eigenvalue weighted by molar-refractivity contribution is 9.10. The van der Waals surface area contributed by atoms with Gasteiger partial charge in [-0.25, -0.2) is 13.2 Å². The van der Waals surface area contributed by atoms with Gasteiger partial charge in [0.15, 0.2) is 0 Å². The van der Waals surface area contributed by atoms with Crippen molar-refractivity contribution in [3.8, 4) is 5.75 Å². The molecule has 1 unspecified atom stereocenters. The van der Waals surface area contributed by atoms with Crippen molar-refractivity contribution in [3.63, 3.8) is 0 Å². The predicted octanol–water partition coefficient (Wildman–Crippen LogP) is 10.7. The number of benzene rings is 4. The average molecular weight is 764 g/mol. The first-order valence-electron chi connectivity index (χ1n) is 13.0. The monoisotopic (exact) mass is 763 g/mol. The molecule has 4 aromatic rings.